The number of amides is 2. The Morgan fingerprint density at radius 2 is 1.52 bits per heavy atom. The van der Waals surface area contributed by atoms with Gasteiger partial charge in [0.25, 0.3) is 0 Å². The van der Waals surface area contributed by atoms with Gasteiger partial charge < -0.3 is 24.9 Å². The van der Waals surface area contributed by atoms with Crippen LogP contribution in [0.2, 0.25) is 0 Å². The standard InChI is InChI=1S/C17H35N2O5P/c1-3-5-6-7-8-9-10-11-12-13-16(20)19-15(14-24-25(22)23)17(21)18-4-2/h15,22-23H,3-14H2,1-2H3,(H,18,21)(H,19,20). The largest absolute Gasteiger partial charge is 0.355 e. The molecule has 0 aliphatic rings. The lowest BCUT2D eigenvalue weighted by Crippen LogP contribution is -2.49. The maximum absolute atomic E-state index is 11.9. The molecule has 8 heteroatoms. The van der Waals surface area contributed by atoms with Crippen LogP contribution in [0.5, 0.6) is 0 Å². The molecule has 2 amide bonds. The molecule has 0 aromatic heterocycles. The van der Waals surface area contributed by atoms with Crippen molar-refractivity contribution >= 4 is 20.4 Å². The average molecular weight is 378 g/mol. The highest BCUT2D eigenvalue weighted by Crippen LogP contribution is 2.24. The molecule has 0 aromatic rings. The van der Waals surface area contributed by atoms with E-state index in [2.05, 4.69) is 22.1 Å². The van der Waals surface area contributed by atoms with Crippen molar-refractivity contribution in [2.45, 2.75) is 84.1 Å². The summed E-state index contributed by atoms with van der Waals surface area (Å²) in [5.74, 6) is -0.609. The monoisotopic (exact) mass is 378 g/mol. The summed E-state index contributed by atoms with van der Waals surface area (Å²) in [6.07, 6.45) is 10.9. The first-order valence-electron chi connectivity index (χ1n) is 9.39. The minimum Gasteiger partial charge on any atom is -0.355 e. The van der Waals surface area contributed by atoms with Gasteiger partial charge in [-0.2, -0.15) is 0 Å². The number of nitrogens with one attached hydrogen (secondary N) is 2. The van der Waals surface area contributed by atoms with Crippen LogP contribution in [0.3, 0.4) is 0 Å². The van der Waals surface area contributed by atoms with Crippen molar-refractivity contribution in [2.75, 3.05) is 13.2 Å². The zero-order valence-corrected chi connectivity index (χ0v) is 16.5. The van der Waals surface area contributed by atoms with E-state index in [1.165, 1.54) is 38.5 Å². The fraction of sp³-hybridized carbons (Fsp3) is 0.882. The van der Waals surface area contributed by atoms with Crippen molar-refractivity contribution in [1.29, 1.82) is 0 Å². The van der Waals surface area contributed by atoms with Crippen LogP contribution in [0.15, 0.2) is 0 Å². The third-order valence-electron chi connectivity index (χ3n) is 3.87. The summed E-state index contributed by atoms with van der Waals surface area (Å²) in [6.45, 7) is 4.15. The molecule has 0 rings (SSSR count). The van der Waals surface area contributed by atoms with Crippen molar-refractivity contribution in [3.8, 4) is 0 Å². The van der Waals surface area contributed by atoms with Crippen LogP contribution in [-0.4, -0.2) is 40.8 Å². The van der Waals surface area contributed by atoms with Gasteiger partial charge in [0.05, 0.1) is 6.61 Å². The Hall–Kier alpha value is -0.750. The Labute approximate surface area is 152 Å². The Morgan fingerprint density at radius 1 is 0.960 bits per heavy atom. The minimum atomic E-state index is -2.55. The normalized spacial score (nSPS) is 12.2. The second kappa shape index (κ2) is 16.7. The third kappa shape index (κ3) is 15.2. The lowest BCUT2D eigenvalue weighted by atomic mass is 10.1. The summed E-state index contributed by atoms with van der Waals surface area (Å²) >= 11 is 0. The van der Waals surface area contributed by atoms with Crippen LogP contribution < -0.4 is 10.6 Å². The van der Waals surface area contributed by atoms with E-state index < -0.39 is 14.6 Å². The summed E-state index contributed by atoms with van der Waals surface area (Å²) in [5.41, 5.74) is 0. The van der Waals surface area contributed by atoms with E-state index in [-0.39, 0.29) is 18.4 Å². The van der Waals surface area contributed by atoms with E-state index in [0.29, 0.717) is 13.0 Å². The van der Waals surface area contributed by atoms with E-state index in [4.69, 9.17) is 9.79 Å². The molecule has 4 N–H and O–H groups in total. The van der Waals surface area contributed by atoms with Crippen LogP contribution in [0, 0.1) is 0 Å². The zero-order chi connectivity index (χ0) is 18.9. The van der Waals surface area contributed by atoms with Crippen LogP contribution in [0.4, 0.5) is 0 Å². The quantitative estimate of drug-likeness (QED) is 0.244. The van der Waals surface area contributed by atoms with Crippen molar-refractivity contribution in [3.05, 3.63) is 0 Å². The highest BCUT2D eigenvalue weighted by molar-refractivity contribution is 7.39. The molecular formula is C17H35N2O5P. The minimum absolute atomic E-state index is 0.219. The summed E-state index contributed by atoms with van der Waals surface area (Å²) < 4.78 is 4.67. The van der Waals surface area contributed by atoms with E-state index in [1.54, 1.807) is 6.92 Å². The van der Waals surface area contributed by atoms with Gasteiger partial charge in [-0.05, 0) is 13.3 Å². The van der Waals surface area contributed by atoms with E-state index >= 15 is 0 Å². The Balaban J connectivity index is 3.88. The van der Waals surface area contributed by atoms with Gasteiger partial charge in [0.15, 0.2) is 0 Å². The van der Waals surface area contributed by atoms with Crippen LogP contribution in [0.1, 0.15) is 78.1 Å². The molecule has 0 fully saturated rings. The molecular weight excluding hydrogens is 343 g/mol. The molecule has 0 bridgehead atoms. The summed E-state index contributed by atoms with van der Waals surface area (Å²) in [7, 11) is -2.55. The fourth-order valence-electron chi connectivity index (χ4n) is 2.48. The van der Waals surface area contributed by atoms with Gasteiger partial charge in [0.1, 0.15) is 6.04 Å². The van der Waals surface area contributed by atoms with Gasteiger partial charge in [0, 0.05) is 13.0 Å². The molecule has 0 saturated heterocycles. The molecule has 0 spiro atoms. The SMILES string of the molecule is CCCCCCCCCCCC(=O)NC(COP(O)O)C(=O)NCC. The molecule has 0 aromatic carbocycles. The molecule has 0 aliphatic heterocycles. The Bertz CT molecular complexity index is 356. The molecule has 0 aliphatic carbocycles. The first-order chi connectivity index (χ1) is 12.0. The number of rotatable bonds is 16. The number of hydrogen-bond acceptors (Lipinski definition) is 5. The highest BCUT2D eigenvalue weighted by Gasteiger charge is 2.21. The van der Waals surface area contributed by atoms with Gasteiger partial charge in [-0.1, -0.05) is 58.3 Å². The maximum Gasteiger partial charge on any atom is 0.327 e. The predicted molar refractivity (Wildman–Crippen MR) is 99.8 cm³/mol. The topological polar surface area (TPSA) is 108 Å². The van der Waals surface area contributed by atoms with E-state index in [9.17, 15) is 9.59 Å². The third-order valence-corrected chi connectivity index (χ3v) is 4.25. The average Bonchev–Trinajstić information content (AvgIpc) is 2.57. The highest BCUT2D eigenvalue weighted by atomic mass is 31.2. The summed E-state index contributed by atoms with van der Waals surface area (Å²) in [6, 6.07) is -0.907. The van der Waals surface area contributed by atoms with Crippen molar-refractivity contribution in [2.24, 2.45) is 0 Å². The van der Waals surface area contributed by atoms with E-state index in [1.807, 2.05) is 0 Å². The Morgan fingerprint density at radius 3 is 2.04 bits per heavy atom. The molecule has 0 radical (unpaired) electrons. The number of carbonyl (C=O) groups excluding carboxylic acids is 2. The van der Waals surface area contributed by atoms with Gasteiger partial charge in [0.2, 0.25) is 11.8 Å². The molecule has 25 heavy (non-hydrogen) atoms. The van der Waals surface area contributed by atoms with E-state index in [0.717, 1.165) is 19.3 Å². The maximum atomic E-state index is 11.9. The lowest BCUT2D eigenvalue weighted by molar-refractivity contribution is -0.129. The second-order valence-corrected chi connectivity index (χ2v) is 6.91. The number of hydrogen-bond donors (Lipinski definition) is 4. The predicted octanol–water partition coefficient (Wildman–Crippen LogP) is 2.76. The molecule has 7 nitrogen and oxygen atoms in total. The van der Waals surface area contributed by atoms with Gasteiger partial charge >= 0.3 is 8.60 Å². The number of likely N-dealkylation sites (N-methyl/N-ethyl adjacent to an activating group) is 1. The molecule has 0 saturated carbocycles. The second-order valence-electron chi connectivity index (χ2n) is 6.14. The fourth-order valence-corrected chi connectivity index (χ4v) is 2.77. The lowest BCUT2D eigenvalue weighted by Gasteiger charge is -2.18. The summed E-state index contributed by atoms with van der Waals surface area (Å²) in [5, 5.41) is 5.18. The van der Waals surface area contributed by atoms with Crippen molar-refractivity contribution in [3.63, 3.8) is 0 Å². The first-order valence-corrected chi connectivity index (χ1v) is 10.6. The zero-order valence-electron chi connectivity index (χ0n) is 15.6. The molecule has 1 unspecified atom stereocenters. The van der Waals surface area contributed by atoms with Gasteiger partial charge in [-0.15, -0.1) is 0 Å². The van der Waals surface area contributed by atoms with Crippen LogP contribution in [0.25, 0.3) is 0 Å². The van der Waals surface area contributed by atoms with Crippen LogP contribution >= 0.6 is 8.60 Å². The molecule has 148 valence electrons. The summed E-state index contributed by atoms with van der Waals surface area (Å²) in [4.78, 5) is 41.4. The van der Waals surface area contributed by atoms with Gasteiger partial charge in [-0.25, -0.2) is 0 Å². The van der Waals surface area contributed by atoms with Crippen LogP contribution in [-0.2, 0) is 14.1 Å². The molecule has 0 heterocycles. The number of carbonyl (C=O) groups is 2. The Kier molecular flexibility index (Phi) is 16.2. The first kappa shape index (κ1) is 24.2. The van der Waals surface area contributed by atoms with Crippen molar-refractivity contribution in [1.82, 2.24) is 10.6 Å². The smallest absolute Gasteiger partial charge is 0.327 e. The van der Waals surface area contributed by atoms with Gasteiger partial charge in [-0.3, -0.25) is 9.59 Å². The van der Waals surface area contributed by atoms with Crippen molar-refractivity contribution < 1.29 is 23.9 Å². The number of unbranched alkanes of at least 4 members (excludes halogenated alkanes) is 8. The molecule has 1 atom stereocenters.